The molecule has 5 nitrogen and oxygen atoms in total. The molecule has 1 amide bonds. The zero-order valence-electron chi connectivity index (χ0n) is 12.2. The number of thiophene rings is 1. The van der Waals surface area contributed by atoms with Gasteiger partial charge in [0.15, 0.2) is 0 Å². The van der Waals surface area contributed by atoms with Crippen LogP contribution < -0.4 is 11.1 Å². The maximum atomic E-state index is 12.4. The molecule has 3 N–H and O–H groups in total. The maximum absolute atomic E-state index is 12.4. The van der Waals surface area contributed by atoms with Crippen LogP contribution in [0.3, 0.4) is 0 Å². The monoisotopic (exact) mass is 296 g/mol. The molecule has 0 saturated heterocycles. The number of nitrogens with two attached hydrogens (primary N) is 1. The lowest BCUT2D eigenvalue weighted by atomic mass is 9.84. The van der Waals surface area contributed by atoms with E-state index in [0.29, 0.717) is 21.0 Å². The molecule has 20 heavy (non-hydrogen) atoms. The van der Waals surface area contributed by atoms with Crippen LogP contribution in [0.2, 0.25) is 0 Å². The van der Waals surface area contributed by atoms with Crippen molar-refractivity contribution in [2.75, 3.05) is 12.8 Å². The number of hydrogen-bond donors (Lipinski definition) is 2. The molecule has 1 heterocycles. The van der Waals surface area contributed by atoms with Crippen LogP contribution in [0.15, 0.2) is 0 Å². The van der Waals surface area contributed by atoms with E-state index in [2.05, 4.69) is 5.32 Å². The number of carbonyl (C=O) groups is 2. The molecule has 0 aliphatic heterocycles. The molecule has 1 aromatic heterocycles. The number of amides is 1. The Morgan fingerprint density at radius 1 is 1.35 bits per heavy atom. The van der Waals surface area contributed by atoms with Gasteiger partial charge in [-0.2, -0.15) is 0 Å². The lowest BCUT2D eigenvalue weighted by Crippen LogP contribution is -2.29. The zero-order valence-corrected chi connectivity index (χ0v) is 13.0. The van der Waals surface area contributed by atoms with Crippen molar-refractivity contribution < 1.29 is 14.3 Å². The Hall–Kier alpha value is -1.56. The summed E-state index contributed by atoms with van der Waals surface area (Å²) in [6, 6.07) is 0.246. The molecule has 2 rings (SSSR count). The van der Waals surface area contributed by atoms with Gasteiger partial charge in [0, 0.05) is 6.04 Å². The second kappa shape index (κ2) is 5.09. The molecule has 1 aromatic rings. The largest absolute Gasteiger partial charge is 0.465 e. The molecule has 1 aliphatic rings. The summed E-state index contributed by atoms with van der Waals surface area (Å²) in [5.41, 5.74) is 6.71. The molecule has 6 heteroatoms. The van der Waals surface area contributed by atoms with Crippen LogP contribution in [-0.2, 0) is 10.2 Å². The number of anilines is 1. The lowest BCUT2D eigenvalue weighted by molar-refractivity contribution is 0.0603. The number of ether oxygens (including phenoxy) is 1. The molecule has 1 aliphatic carbocycles. The van der Waals surface area contributed by atoms with E-state index >= 15 is 0 Å². The fourth-order valence-corrected chi connectivity index (χ4v) is 3.31. The van der Waals surface area contributed by atoms with E-state index < -0.39 is 5.97 Å². The number of carbonyl (C=O) groups excluding carboxylic acids is 2. The predicted molar refractivity (Wildman–Crippen MR) is 79.3 cm³/mol. The standard InChI is InChI=1S/C14H20N2O3S/c1-14(2,3)9-8(12(17)16-7-5-6-7)11(15)20-10(9)13(18)19-4/h7H,5-6,15H2,1-4H3,(H,16,17). The van der Waals surface area contributed by atoms with Crippen molar-refractivity contribution in [1.29, 1.82) is 0 Å². The Balaban J connectivity index is 2.51. The van der Waals surface area contributed by atoms with Gasteiger partial charge in [-0.1, -0.05) is 20.8 Å². The summed E-state index contributed by atoms with van der Waals surface area (Å²) >= 11 is 1.12. The van der Waals surface area contributed by atoms with Crippen LogP contribution >= 0.6 is 11.3 Å². The lowest BCUT2D eigenvalue weighted by Gasteiger charge is -2.21. The first-order valence-electron chi connectivity index (χ1n) is 6.57. The highest BCUT2D eigenvalue weighted by molar-refractivity contribution is 7.18. The summed E-state index contributed by atoms with van der Waals surface area (Å²) in [6.07, 6.45) is 2.01. The van der Waals surface area contributed by atoms with Gasteiger partial charge < -0.3 is 15.8 Å². The number of esters is 1. The molecular formula is C14H20N2O3S. The Kier molecular flexibility index (Phi) is 3.77. The average molecular weight is 296 g/mol. The number of methoxy groups -OCH3 is 1. The fourth-order valence-electron chi connectivity index (χ4n) is 2.11. The molecule has 0 atom stereocenters. The average Bonchev–Trinajstić information content (AvgIpc) is 3.07. The van der Waals surface area contributed by atoms with Gasteiger partial charge in [-0.15, -0.1) is 11.3 Å². The van der Waals surface area contributed by atoms with Crippen molar-refractivity contribution in [3.63, 3.8) is 0 Å². The Morgan fingerprint density at radius 3 is 2.40 bits per heavy atom. The first-order valence-corrected chi connectivity index (χ1v) is 7.39. The van der Waals surface area contributed by atoms with Crippen LogP contribution in [0.4, 0.5) is 5.00 Å². The van der Waals surface area contributed by atoms with Crippen LogP contribution in [-0.4, -0.2) is 25.0 Å². The van der Waals surface area contributed by atoms with Crippen LogP contribution in [0.5, 0.6) is 0 Å². The summed E-state index contributed by atoms with van der Waals surface area (Å²) in [4.78, 5) is 24.7. The van der Waals surface area contributed by atoms with Gasteiger partial charge in [0.05, 0.1) is 17.7 Å². The molecule has 0 unspecified atom stereocenters. The minimum atomic E-state index is -0.447. The molecule has 0 radical (unpaired) electrons. The van der Waals surface area contributed by atoms with Crippen molar-refractivity contribution in [2.45, 2.75) is 45.1 Å². The van der Waals surface area contributed by atoms with Gasteiger partial charge in [-0.3, -0.25) is 4.79 Å². The van der Waals surface area contributed by atoms with Crippen molar-refractivity contribution in [3.8, 4) is 0 Å². The number of hydrogen-bond acceptors (Lipinski definition) is 5. The maximum Gasteiger partial charge on any atom is 0.348 e. The second-order valence-electron chi connectivity index (χ2n) is 6.03. The number of nitrogen functional groups attached to an aromatic ring is 1. The van der Waals surface area contributed by atoms with Gasteiger partial charge in [0.1, 0.15) is 4.88 Å². The molecule has 1 fully saturated rings. The van der Waals surface area contributed by atoms with Crippen LogP contribution in [0.1, 0.15) is 59.2 Å². The minimum absolute atomic E-state index is 0.193. The van der Waals surface area contributed by atoms with Crippen molar-refractivity contribution in [3.05, 3.63) is 16.0 Å². The predicted octanol–water partition coefficient (Wildman–Crippen LogP) is 2.31. The quantitative estimate of drug-likeness (QED) is 0.839. The normalized spacial score (nSPS) is 15.0. The third-order valence-electron chi connectivity index (χ3n) is 3.20. The van der Waals surface area contributed by atoms with Crippen LogP contribution in [0, 0.1) is 0 Å². The summed E-state index contributed by atoms with van der Waals surface area (Å²) in [7, 11) is 1.33. The summed E-state index contributed by atoms with van der Waals surface area (Å²) in [6.45, 7) is 5.86. The fraction of sp³-hybridized carbons (Fsp3) is 0.571. The van der Waals surface area contributed by atoms with E-state index in [0.717, 1.165) is 24.2 Å². The molecule has 0 spiro atoms. The van der Waals surface area contributed by atoms with Gasteiger partial charge >= 0.3 is 5.97 Å². The van der Waals surface area contributed by atoms with Gasteiger partial charge in [0.2, 0.25) is 0 Å². The highest BCUT2D eigenvalue weighted by Crippen LogP contribution is 2.39. The molecule has 1 saturated carbocycles. The molecule has 0 bridgehead atoms. The van der Waals surface area contributed by atoms with Gasteiger partial charge in [-0.05, 0) is 23.8 Å². The zero-order chi connectivity index (χ0) is 15.1. The summed E-state index contributed by atoms with van der Waals surface area (Å²) in [5, 5.41) is 3.30. The Bertz CT molecular complexity index is 554. The molecule has 110 valence electrons. The van der Waals surface area contributed by atoms with Crippen LogP contribution in [0.25, 0.3) is 0 Å². The number of rotatable bonds is 3. The van der Waals surface area contributed by atoms with E-state index in [-0.39, 0.29) is 17.4 Å². The second-order valence-corrected chi connectivity index (χ2v) is 7.09. The van der Waals surface area contributed by atoms with Gasteiger partial charge in [-0.25, -0.2) is 4.79 Å². The highest BCUT2D eigenvalue weighted by Gasteiger charge is 2.35. The Labute approximate surface area is 122 Å². The van der Waals surface area contributed by atoms with Crippen molar-refractivity contribution in [2.24, 2.45) is 0 Å². The van der Waals surface area contributed by atoms with E-state index in [1.807, 2.05) is 20.8 Å². The summed E-state index contributed by atoms with van der Waals surface area (Å²) < 4.78 is 4.80. The van der Waals surface area contributed by atoms with E-state index in [1.54, 1.807) is 0 Å². The topological polar surface area (TPSA) is 81.4 Å². The summed E-state index contributed by atoms with van der Waals surface area (Å²) in [5.74, 6) is -0.640. The molecular weight excluding hydrogens is 276 g/mol. The Morgan fingerprint density at radius 2 is 1.95 bits per heavy atom. The first kappa shape index (κ1) is 14.8. The SMILES string of the molecule is COC(=O)c1sc(N)c(C(=O)NC2CC2)c1C(C)(C)C. The van der Waals surface area contributed by atoms with E-state index in [4.69, 9.17) is 10.5 Å². The first-order chi connectivity index (χ1) is 9.25. The highest BCUT2D eigenvalue weighted by atomic mass is 32.1. The third-order valence-corrected chi connectivity index (χ3v) is 4.19. The molecule has 0 aromatic carbocycles. The van der Waals surface area contributed by atoms with Crippen molar-refractivity contribution >= 4 is 28.2 Å². The van der Waals surface area contributed by atoms with Crippen molar-refractivity contribution in [1.82, 2.24) is 5.32 Å². The smallest absolute Gasteiger partial charge is 0.348 e. The van der Waals surface area contributed by atoms with E-state index in [9.17, 15) is 9.59 Å². The number of nitrogens with one attached hydrogen (secondary N) is 1. The van der Waals surface area contributed by atoms with E-state index in [1.165, 1.54) is 7.11 Å². The third kappa shape index (κ3) is 2.80. The minimum Gasteiger partial charge on any atom is -0.465 e. The van der Waals surface area contributed by atoms with Gasteiger partial charge in [0.25, 0.3) is 5.91 Å².